The van der Waals surface area contributed by atoms with Gasteiger partial charge in [-0.3, -0.25) is 0 Å². The molecular weight excluding hydrogens is 246 g/mol. The van der Waals surface area contributed by atoms with E-state index in [-0.39, 0.29) is 5.54 Å². The zero-order valence-corrected chi connectivity index (χ0v) is 12.4. The van der Waals surface area contributed by atoms with E-state index in [1.807, 2.05) is 0 Å². The standard InChI is InChI=1S/C17H27N3/c18-14-17(19-11-8-15-6-7-15)9-12-20(13-10-17)16-4-2-1-3-5-16/h1-5,15,19H,6-14,18H2. The molecule has 2 fully saturated rings. The van der Waals surface area contributed by atoms with Crippen molar-refractivity contribution in [2.45, 2.75) is 37.6 Å². The van der Waals surface area contributed by atoms with Crippen LogP contribution in [0.3, 0.4) is 0 Å². The molecule has 1 saturated carbocycles. The Morgan fingerprint density at radius 1 is 1.15 bits per heavy atom. The normalized spacial score (nSPS) is 21.9. The van der Waals surface area contributed by atoms with Crippen LogP contribution in [-0.2, 0) is 0 Å². The first-order chi connectivity index (χ1) is 9.81. The summed E-state index contributed by atoms with van der Waals surface area (Å²) in [6.45, 7) is 4.13. The van der Waals surface area contributed by atoms with E-state index < -0.39 is 0 Å². The van der Waals surface area contributed by atoms with Gasteiger partial charge in [-0.1, -0.05) is 31.0 Å². The van der Waals surface area contributed by atoms with Gasteiger partial charge in [-0.05, 0) is 43.9 Å². The number of benzene rings is 1. The van der Waals surface area contributed by atoms with Crippen molar-refractivity contribution < 1.29 is 0 Å². The molecule has 0 spiro atoms. The third-order valence-corrected chi connectivity index (χ3v) is 4.98. The number of piperidine rings is 1. The van der Waals surface area contributed by atoms with Crippen molar-refractivity contribution in [3.05, 3.63) is 30.3 Å². The third-order valence-electron chi connectivity index (χ3n) is 4.98. The highest BCUT2D eigenvalue weighted by molar-refractivity contribution is 5.46. The van der Waals surface area contributed by atoms with Crippen molar-refractivity contribution in [2.75, 3.05) is 31.1 Å². The van der Waals surface area contributed by atoms with E-state index in [0.717, 1.165) is 44.9 Å². The lowest BCUT2D eigenvalue weighted by molar-refractivity contribution is 0.264. The summed E-state index contributed by atoms with van der Waals surface area (Å²) in [5.41, 5.74) is 7.60. The molecule has 3 heteroatoms. The molecule has 0 aromatic heterocycles. The molecule has 1 aromatic carbocycles. The molecule has 20 heavy (non-hydrogen) atoms. The highest BCUT2D eigenvalue weighted by Crippen LogP contribution is 2.32. The van der Waals surface area contributed by atoms with Gasteiger partial charge in [-0.15, -0.1) is 0 Å². The van der Waals surface area contributed by atoms with E-state index >= 15 is 0 Å². The van der Waals surface area contributed by atoms with Crippen LogP contribution >= 0.6 is 0 Å². The van der Waals surface area contributed by atoms with Crippen LogP contribution in [0, 0.1) is 5.92 Å². The first-order valence-electron chi connectivity index (χ1n) is 8.06. The molecule has 3 rings (SSSR count). The molecule has 1 aromatic rings. The van der Waals surface area contributed by atoms with Crippen LogP contribution in [-0.4, -0.2) is 31.7 Å². The molecule has 1 aliphatic carbocycles. The van der Waals surface area contributed by atoms with Gasteiger partial charge in [-0.25, -0.2) is 0 Å². The van der Waals surface area contributed by atoms with E-state index in [2.05, 4.69) is 40.5 Å². The van der Waals surface area contributed by atoms with Crippen molar-refractivity contribution in [1.82, 2.24) is 5.32 Å². The summed E-state index contributed by atoms with van der Waals surface area (Å²) < 4.78 is 0. The van der Waals surface area contributed by atoms with Crippen LogP contribution in [0.25, 0.3) is 0 Å². The van der Waals surface area contributed by atoms with Gasteiger partial charge in [0.2, 0.25) is 0 Å². The molecule has 3 N–H and O–H groups in total. The highest BCUT2D eigenvalue weighted by Gasteiger charge is 2.33. The maximum Gasteiger partial charge on any atom is 0.0366 e. The topological polar surface area (TPSA) is 41.3 Å². The Kier molecular flexibility index (Phi) is 4.27. The molecule has 3 nitrogen and oxygen atoms in total. The first-order valence-corrected chi connectivity index (χ1v) is 8.06. The molecule has 0 unspecified atom stereocenters. The van der Waals surface area contributed by atoms with Crippen molar-refractivity contribution in [3.8, 4) is 0 Å². The molecule has 0 bridgehead atoms. The molecule has 110 valence electrons. The van der Waals surface area contributed by atoms with Gasteiger partial charge in [0.05, 0.1) is 0 Å². The number of hydrogen-bond acceptors (Lipinski definition) is 3. The summed E-state index contributed by atoms with van der Waals surface area (Å²) in [7, 11) is 0. The molecule has 1 saturated heterocycles. The summed E-state index contributed by atoms with van der Waals surface area (Å²) in [5.74, 6) is 1.00. The van der Waals surface area contributed by atoms with Crippen molar-refractivity contribution in [1.29, 1.82) is 0 Å². The monoisotopic (exact) mass is 273 g/mol. The van der Waals surface area contributed by atoms with E-state index in [1.54, 1.807) is 0 Å². The van der Waals surface area contributed by atoms with Crippen molar-refractivity contribution >= 4 is 5.69 Å². The van der Waals surface area contributed by atoms with E-state index in [4.69, 9.17) is 5.73 Å². The van der Waals surface area contributed by atoms with Gasteiger partial charge >= 0.3 is 0 Å². The Morgan fingerprint density at radius 2 is 1.85 bits per heavy atom. The molecule has 0 amide bonds. The summed E-state index contributed by atoms with van der Waals surface area (Å²) in [5, 5.41) is 3.78. The highest BCUT2D eigenvalue weighted by atomic mass is 15.2. The van der Waals surface area contributed by atoms with E-state index in [0.29, 0.717) is 0 Å². The van der Waals surface area contributed by atoms with Gasteiger partial charge in [0.25, 0.3) is 0 Å². The van der Waals surface area contributed by atoms with Crippen LogP contribution in [0.1, 0.15) is 32.1 Å². The fraction of sp³-hybridized carbons (Fsp3) is 0.647. The van der Waals surface area contributed by atoms with Gasteiger partial charge in [0.1, 0.15) is 0 Å². The Balaban J connectivity index is 1.51. The lowest BCUT2D eigenvalue weighted by Crippen LogP contribution is -2.58. The number of nitrogens with two attached hydrogens (primary N) is 1. The lowest BCUT2D eigenvalue weighted by atomic mass is 9.87. The van der Waals surface area contributed by atoms with Crippen molar-refractivity contribution in [2.24, 2.45) is 11.7 Å². The Hall–Kier alpha value is -1.06. The molecule has 1 aliphatic heterocycles. The van der Waals surface area contributed by atoms with Crippen LogP contribution < -0.4 is 16.0 Å². The quantitative estimate of drug-likeness (QED) is 0.836. The minimum absolute atomic E-state index is 0.181. The number of rotatable bonds is 6. The Labute approximate surface area is 122 Å². The largest absolute Gasteiger partial charge is 0.371 e. The maximum absolute atomic E-state index is 6.07. The number of anilines is 1. The molecule has 1 heterocycles. The van der Waals surface area contributed by atoms with Crippen LogP contribution in [0.5, 0.6) is 0 Å². The Bertz CT molecular complexity index is 406. The number of nitrogens with zero attached hydrogens (tertiary/aromatic N) is 1. The Morgan fingerprint density at radius 3 is 2.45 bits per heavy atom. The number of hydrogen-bond donors (Lipinski definition) is 2. The predicted molar refractivity (Wildman–Crippen MR) is 85.0 cm³/mol. The fourth-order valence-corrected chi connectivity index (χ4v) is 3.23. The summed E-state index contributed by atoms with van der Waals surface area (Å²) in [6, 6.07) is 10.7. The average Bonchev–Trinajstić information content (AvgIpc) is 3.33. The predicted octanol–water partition coefficient (Wildman–Crippen LogP) is 2.37. The number of nitrogens with one attached hydrogen (secondary N) is 1. The second kappa shape index (κ2) is 6.15. The second-order valence-electron chi connectivity index (χ2n) is 6.47. The van der Waals surface area contributed by atoms with E-state index in [1.165, 1.54) is 24.9 Å². The minimum Gasteiger partial charge on any atom is -0.371 e. The van der Waals surface area contributed by atoms with Gasteiger partial charge in [0.15, 0.2) is 0 Å². The average molecular weight is 273 g/mol. The SMILES string of the molecule is NCC1(NCCC2CC2)CCN(c2ccccc2)CC1. The van der Waals surface area contributed by atoms with Crippen LogP contribution in [0.4, 0.5) is 5.69 Å². The smallest absolute Gasteiger partial charge is 0.0366 e. The van der Waals surface area contributed by atoms with Crippen LogP contribution in [0.2, 0.25) is 0 Å². The summed E-state index contributed by atoms with van der Waals surface area (Å²) in [6.07, 6.45) is 6.54. The first kappa shape index (κ1) is 13.9. The maximum atomic E-state index is 6.07. The molecule has 0 atom stereocenters. The van der Waals surface area contributed by atoms with Gasteiger partial charge in [-0.2, -0.15) is 0 Å². The third kappa shape index (κ3) is 3.33. The van der Waals surface area contributed by atoms with E-state index in [9.17, 15) is 0 Å². The molecular formula is C17H27N3. The molecule has 2 aliphatic rings. The van der Waals surface area contributed by atoms with Gasteiger partial charge in [0, 0.05) is 30.9 Å². The van der Waals surface area contributed by atoms with Crippen molar-refractivity contribution in [3.63, 3.8) is 0 Å². The summed E-state index contributed by atoms with van der Waals surface area (Å²) >= 11 is 0. The zero-order valence-electron chi connectivity index (χ0n) is 12.4. The summed E-state index contributed by atoms with van der Waals surface area (Å²) in [4.78, 5) is 2.48. The van der Waals surface area contributed by atoms with Crippen LogP contribution in [0.15, 0.2) is 30.3 Å². The van der Waals surface area contributed by atoms with Gasteiger partial charge < -0.3 is 16.0 Å². The molecule has 0 radical (unpaired) electrons. The lowest BCUT2D eigenvalue weighted by Gasteiger charge is -2.43. The zero-order chi connectivity index (χ0) is 13.8. The fourth-order valence-electron chi connectivity index (χ4n) is 3.23. The minimum atomic E-state index is 0.181. The number of para-hydroxylation sites is 1. The second-order valence-corrected chi connectivity index (χ2v) is 6.47.